The van der Waals surface area contributed by atoms with Gasteiger partial charge in [-0.25, -0.2) is 10.8 Å². The van der Waals surface area contributed by atoms with Gasteiger partial charge in [-0.15, -0.1) is 0 Å². The molecule has 1 aromatic heterocycles. The number of carbonyl (C=O) groups is 2. The second kappa shape index (κ2) is 5.19. The number of anilines is 1. The smallest absolute Gasteiger partial charge is 0.271 e. The molecule has 8 heteroatoms. The Morgan fingerprint density at radius 2 is 2.33 bits per heavy atom. The number of nitrogens with two attached hydrogens (primary N) is 1. The van der Waals surface area contributed by atoms with Crippen molar-refractivity contribution >= 4 is 29.2 Å². The zero-order valence-electron chi connectivity index (χ0n) is 9.37. The first-order chi connectivity index (χ1) is 8.60. The molecule has 2 rings (SSSR count). The first-order valence-corrected chi connectivity index (χ1v) is 5.68. The van der Waals surface area contributed by atoms with Crippen molar-refractivity contribution in [2.75, 3.05) is 12.0 Å². The lowest BCUT2D eigenvalue weighted by Gasteiger charge is -2.11. The topological polar surface area (TPSA) is 109 Å². The predicted molar refractivity (Wildman–Crippen MR) is 65.9 cm³/mol. The first kappa shape index (κ1) is 12.6. The molecular weight excluding hydrogens is 258 g/mol. The van der Waals surface area contributed by atoms with Crippen LogP contribution in [-0.4, -0.2) is 29.4 Å². The summed E-state index contributed by atoms with van der Waals surface area (Å²) in [6.45, 7) is 0.414. The predicted octanol–water partition coefficient (Wildman–Crippen LogP) is -0.361. The van der Waals surface area contributed by atoms with Crippen molar-refractivity contribution in [2.45, 2.75) is 12.5 Å². The monoisotopic (exact) mass is 269 g/mol. The lowest BCUT2D eigenvalue weighted by molar-refractivity contribution is -0.119. The third kappa shape index (κ3) is 2.69. The lowest BCUT2D eigenvalue weighted by atomic mass is 10.2. The average Bonchev–Trinajstić information content (AvgIpc) is 2.75. The highest BCUT2D eigenvalue weighted by Crippen LogP contribution is 2.16. The summed E-state index contributed by atoms with van der Waals surface area (Å²) in [5.41, 5.74) is 2.41. The Kier molecular flexibility index (Phi) is 3.63. The van der Waals surface area contributed by atoms with Crippen LogP contribution in [0.3, 0.4) is 0 Å². The Hall–Kier alpha value is -1.86. The SMILES string of the molecule is NNc1ccc(Cl)c(C(=O)NC2CNC(=O)C2)n1. The van der Waals surface area contributed by atoms with Crippen molar-refractivity contribution in [1.82, 2.24) is 15.6 Å². The van der Waals surface area contributed by atoms with Crippen LogP contribution >= 0.6 is 11.6 Å². The number of nitrogens with one attached hydrogen (secondary N) is 3. The zero-order valence-corrected chi connectivity index (χ0v) is 10.1. The van der Waals surface area contributed by atoms with Gasteiger partial charge in [0.1, 0.15) is 11.5 Å². The van der Waals surface area contributed by atoms with Gasteiger partial charge in [0.25, 0.3) is 5.91 Å². The van der Waals surface area contributed by atoms with Gasteiger partial charge in [0, 0.05) is 13.0 Å². The molecule has 2 amide bonds. The molecule has 1 unspecified atom stereocenters. The second-order valence-corrected chi connectivity index (χ2v) is 4.26. The number of pyridine rings is 1. The molecule has 1 aliphatic heterocycles. The van der Waals surface area contributed by atoms with E-state index in [4.69, 9.17) is 17.4 Å². The molecule has 1 aromatic rings. The van der Waals surface area contributed by atoms with E-state index >= 15 is 0 Å². The van der Waals surface area contributed by atoms with Crippen LogP contribution in [0.15, 0.2) is 12.1 Å². The van der Waals surface area contributed by atoms with Crippen LogP contribution in [0.25, 0.3) is 0 Å². The van der Waals surface area contributed by atoms with E-state index in [2.05, 4.69) is 21.0 Å². The minimum absolute atomic E-state index is 0.0754. The quantitative estimate of drug-likeness (QED) is 0.443. The van der Waals surface area contributed by atoms with E-state index in [1.54, 1.807) is 6.07 Å². The first-order valence-electron chi connectivity index (χ1n) is 5.31. The molecule has 1 aliphatic rings. The summed E-state index contributed by atoms with van der Waals surface area (Å²) < 4.78 is 0. The van der Waals surface area contributed by atoms with Gasteiger partial charge in [-0.3, -0.25) is 9.59 Å². The maximum Gasteiger partial charge on any atom is 0.271 e. The standard InChI is InChI=1S/C10H12ClN5O2/c11-6-1-2-7(16-12)15-9(6)10(18)14-5-3-8(17)13-4-5/h1-2,5H,3-4,12H2,(H,13,17)(H,14,18)(H,15,16). The van der Waals surface area contributed by atoms with Crippen molar-refractivity contribution in [1.29, 1.82) is 0 Å². The Balaban J connectivity index is 2.10. The summed E-state index contributed by atoms with van der Waals surface area (Å²) in [5, 5.41) is 5.53. The molecule has 0 spiro atoms. The fourth-order valence-corrected chi connectivity index (χ4v) is 1.83. The average molecular weight is 270 g/mol. The fourth-order valence-electron chi connectivity index (χ4n) is 1.64. The summed E-state index contributed by atoms with van der Waals surface area (Å²) in [5.74, 6) is 5.03. The number of halogens is 1. The molecule has 1 fully saturated rings. The molecule has 0 radical (unpaired) electrons. The van der Waals surface area contributed by atoms with E-state index in [-0.39, 0.29) is 29.1 Å². The maximum atomic E-state index is 11.9. The van der Waals surface area contributed by atoms with Crippen LogP contribution in [0.2, 0.25) is 5.02 Å². The lowest BCUT2D eigenvalue weighted by Crippen LogP contribution is -2.36. The van der Waals surface area contributed by atoms with Crippen molar-refractivity contribution < 1.29 is 9.59 Å². The van der Waals surface area contributed by atoms with Crippen LogP contribution in [-0.2, 0) is 4.79 Å². The number of nitrogen functional groups attached to an aromatic ring is 1. The minimum atomic E-state index is -0.432. The highest BCUT2D eigenvalue weighted by Gasteiger charge is 2.24. The summed E-state index contributed by atoms with van der Waals surface area (Å²) in [7, 11) is 0. The molecule has 0 aliphatic carbocycles. The van der Waals surface area contributed by atoms with E-state index in [0.717, 1.165) is 0 Å². The van der Waals surface area contributed by atoms with Gasteiger partial charge >= 0.3 is 0 Å². The fraction of sp³-hybridized carbons (Fsp3) is 0.300. The molecule has 5 N–H and O–H groups in total. The molecule has 0 aromatic carbocycles. The van der Waals surface area contributed by atoms with Gasteiger partial charge in [0.05, 0.1) is 11.1 Å². The van der Waals surface area contributed by atoms with Crippen molar-refractivity contribution in [3.8, 4) is 0 Å². The Morgan fingerprint density at radius 1 is 1.56 bits per heavy atom. The number of nitrogens with zero attached hydrogens (tertiary/aromatic N) is 1. The summed E-state index contributed by atoms with van der Waals surface area (Å²) in [6.07, 6.45) is 0.262. The summed E-state index contributed by atoms with van der Waals surface area (Å²) in [4.78, 5) is 26.9. The number of hydrazine groups is 1. The molecule has 96 valence electrons. The number of aromatic nitrogens is 1. The Labute approximate surface area is 108 Å². The number of hydrogen-bond acceptors (Lipinski definition) is 5. The van der Waals surface area contributed by atoms with Crippen LogP contribution in [0.4, 0.5) is 5.82 Å². The van der Waals surface area contributed by atoms with E-state index in [1.807, 2.05) is 0 Å². The van der Waals surface area contributed by atoms with Gasteiger partial charge < -0.3 is 16.1 Å². The Morgan fingerprint density at radius 3 is 2.94 bits per heavy atom. The second-order valence-electron chi connectivity index (χ2n) is 3.85. The highest BCUT2D eigenvalue weighted by molar-refractivity contribution is 6.33. The van der Waals surface area contributed by atoms with E-state index in [0.29, 0.717) is 12.4 Å². The zero-order chi connectivity index (χ0) is 13.1. The van der Waals surface area contributed by atoms with Gasteiger partial charge in [0.15, 0.2) is 0 Å². The van der Waals surface area contributed by atoms with Crippen LogP contribution in [0.5, 0.6) is 0 Å². The molecule has 1 saturated heterocycles. The van der Waals surface area contributed by atoms with Crippen molar-refractivity contribution in [3.05, 3.63) is 22.8 Å². The van der Waals surface area contributed by atoms with Crippen molar-refractivity contribution in [3.63, 3.8) is 0 Å². The number of rotatable bonds is 3. The van der Waals surface area contributed by atoms with Crippen LogP contribution < -0.4 is 21.9 Å². The van der Waals surface area contributed by atoms with Gasteiger partial charge in [-0.2, -0.15) is 0 Å². The van der Waals surface area contributed by atoms with Crippen molar-refractivity contribution in [2.24, 2.45) is 5.84 Å². The molecule has 1 atom stereocenters. The molecule has 0 bridgehead atoms. The van der Waals surface area contributed by atoms with Crippen LogP contribution in [0, 0.1) is 0 Å². The van der Waals surface area contributed by atoms with E-state index < -0.39 is 5.91 Å². The van der Waals surface area contributed by atoms with Gasteiger partial charge in [-0.05, 0) is 12.1 Å². The van der Waals surface area contributed by atoms with Gasteiger partial charge in [0.2, 0.25) is 5.91 Å². The Bertz CT molecular complexity index is 493. The highest BCUT2D eigenvalue weighted by atomic mass is 35.5. The largest absolute Gasteiger partial charge is 0.354 e. The van der Waals surface area contributed by atoms with E-state index in [9.17, 15) is 9.59 Å². The molecule has 2 heterocycles. The third-order valence-electron chi connectivity index (χ3n) is 2.52. The van der Waals surface area contributed by atoms with Gasteiger partial charge in [-0.1, -0.05) is 11.6 Å². The minimum Gasteiger partial charge on any atom is -0.354 e. The molecular formula is C10H12ClN5O2. The summed E-state index contributed by atoms with van der Waals surface area (Å²) in [6, 6.07) is 2.84. The number of hydrogen-bond donors (Lipinski definition) is 4. The number of carbonyl (C=O) groups excluding carboxylic acids is 2. The maximum absolute atomic E-state index is 11.9. The molecule has 18 heavy (non-hydrogen) atoms. The number of amides is 2. The molecule has 0 saturated carbocycles. The third-order valence-corrected chi connectivity index (χ3v) is 2.83. The van der Waals surface area contributed by atoms with E-state index in [1.165, 1.54) is 6.07 Å². The van der Waals surface area contributed by atoms with Crippen LogP contribution in [0.1, 0.15) is 16.9 Å². The molecule has 7 nitrogen and oxygen atoms in total. The normalized spacial score (nSPS) is 18.3. The summed E-state index contributed by atoms with van der Waals surface area (Å²) >= 11 is 5.89.